The second-order valence-electron chi connectivity index (χ2n) is 5.47. The molecule has 1 aliphatic rings. The quantitative estimate of drug-likeness (QED) is 0.539. The van der Waals surface area contributed by atoms with Crippen molar-refractivity contribution < 1.29 is 15.3 Å². The van der Waals surface area contributed by atoms with Crippen LogP contribution in [0.4, 0.5) is 5.82 Å². The van der Waals surface area contributed by atoms with Crippen molar-refractivity contribution in [2.45, 2.75) is 37.5 Å². The molecule has 0 aromatic carbocycles. The molecular weight excluding hydrogens is 250 g/mol. The van der Waals surface area contributed by atoms with Gasteiger partial charge in [0.05, 0.1) is 11.6 Å². The number of nitrogen functional groups attached to an aromatic ring is 1. The van der Waals surface area contributed by atoms with E-state index in [0.717, 1.165) is 0 Å². The van der Waals surface area contributed by atoms with Crippen molar-refractivity contribution in [3.05, 3.63) is 22.7 Å². The highest BCUT2D eigenvalue weighted by Gasteiger charge is 2.59. The smallest absolute Gasteiger partial charge is 0.349 e. The first-order valence-corrected chi connectivity index (χ1v) is 6.12. The van der Waals surface area contributed by atoms with E-state index in [1.807, 2.05) is 0 Å². The molecule has 0 aliphatic heterocycles. The van der Waals surface area contributed by atoms with Crippen LogP contribution in [0.1, 0.15) is 26.3 Å². The molecule has 0 amide bonds. The Bertz CT molecular complexity index is 538. The van der Waals surface area contributed by atoms with Crippen molar-refractivity contribution in [3.8, 4) is 0 Å². The second-order valence-corrected chi connectivity index (χ2v) is 5.47. The highest BCUT2D eigenvalue weighted by Crippen LogP contribution is 2.49. The third kappa shape index (κ3) is 1.94. The largest absolute Gasteiger partial charge is 0.396 e. The van der Waals surface area contributed by atoms with Gasteiger partial charge >= 0.3 is 5.69 Å². The number of nitrogens with two attached hydrogens (primary N) is 1. The normalized spacial score (nSPS) is 38.6. The molecule has 1 aromatic heterocycles. The van der Waals surface area contributed by atoms with Gasteiger partial charge in [0.1, 0.15) is 11.4 Å². The van der Waals surface area contributed by atoms with E-state index in [-0.39, 0.29) is 18.8 Å². The van der Waals surface area contributed by atoms with Gasteiger partial charge < -0.3 is 21.1 Å². The highest BCUT2D eigenvalue weighted by molar-refractivity contribution is 5.24. The van der Waals surface area contributed by atoms with Crippen LogP contribution in [0.5, 0.6) is 0 Å². The molecule has 106 valence electrons. The Labute approximate surface area is 110 Å². The molecule has 0 radical (unpaired) electrons. The van der Waals surface area contributed by atoms with Crippen molar-refractivity contribution in [3.63, 3.8) is 0 Å². The fourth-order valence-electron chi connectivity index (χ4n) is 2.78. The molecule has 0 bridgehead atoms. The maximum Gasteiger partial charge on any atom is 0.349 e. The van der Waals surface area contributed by atoms with Gasteiger partial charge in [0.2, 0.25) is 0 Å². The van der Waals surface area contributed by atoms with Gasteiger partial charge in [-0.05, 0) is 26.3 Å². The summed E-state index contributed by atoms with van der Waals surface area (Å²) in [5.74, 6) is -0.415. The van der Waals surface area contributed by atoms with Crippen molar-refractivity contribution in [1.82, 2.24) is 9.55 Å². The SMILES string of the molecule is C[C@]1(O)[C@H](n2ccc(N)nc2=O)C[C@H](CO)[C@@]1(C)O. The van der Waals surface area contributed by atoms with Crippen LogP contribution in [0.15, 0.2) is 17.1 Å². The third-order valence-corrected chi connectivity index (χ3v) is 4.38. The number of hydrogen-bond acceptors (Lipinski definition) is 6. The van der Waals surface area contributed by atoms with Crippen LogP contribution >= 0.6 is 0 Å². The maximum atomic E-state index is 11.8. The van der Waals surface area contributed by atoms with Crippen LogP contribution in [0.25, 0.3) is 0 Å². The lowest BCUT2D eigenvalue weighted by Gasteiger charge is -2.38. The summed E-state index contributed by atoms with van der Waals surface area (Å²) >= 11 is 0. The van der Waals surface area contributed by atoms with Crippen LogP contribution in [0, 0.1) is 5.92 Å². The molecule has 1 aliphatic carbocycles. The summed E-state index contributed by atoms with van der Waals surface area (Å²) in [7, 11) is 0. The van der Waals surface area contributed by atoms with Crippen LogP contribution < -0.4 is 11.4 Å². The summed E-state index contributed by atoms with van der Waals surface area (Å²) in [4.78, 5) is 15.4. The summed E-state index contributed by atoms with van der Waals surface area (Å²) in [6, 6.07) is 0.790. The van der Waals surface area contributed by atoms with E-state index in [1.165, 1.54) is 30.7 Å². The molecule has 1 aromatic rings. The number of nitrogens with zero attached hydrogens (tertiary/aromatic N) is 2. The lowest BCUT2D eigenvalue weighted by molar-refractivity contribution is -0.147. The van der Waals surface area contributed by atoms with E-state index in [9.17, 15) is 20.1 Å². The number of aromatic nitrogens is 2. The summed E-state index contributed by atoms with van der Waals surface area (Å²) < 4.78 is 1.25. The number of anilines is 1. The minimum absolute atomic E-state index is 0.101. The summed E-state index contributed by atoms with van der Waals surface area (Å²) in [5, 5.41) is 30.3. The standard InChI is InChI=1S/C12H19N3O4/c1-11(18)7(6-16)5-8(12(11,2)19)15-4-3-9(13)14-10(15)17/h3-4,7-8,16,18-19H,5-6H2,1-2H3,(H2,13,14,17)/t7-,8-,11-,12+/m1/s1. The van der Waals surface area contributed by atoms with Gasteiger partial charge in [-0.3, -0.25) is 4.57 Å². The average molecular weight is 269 g/mol. The molecule has 7 nitrogen and oxygen atoms in total. The second kappa shape index (κ2) is 4.29. The van der Waals surface area contributed by atoms with Gasteiger partial charge in [0.25, 0.3) is 0 Å². The van der Waals surface area contributed by atoms with Gasteiger partial charge in [0.15, 0.2) is 0 Å². The molecule has 4 atom stereocenters. The number of aliphatic hydroxyl groups excluding tert-OH is 1. The molecule has 0 spiro atoms. The summed E-state index contributed by atoms with van der Waals surface area (Å²) in [6.07, 6.45) is 1.72. The molecule has 1 heterocycles. The molecule has 2 rings (SSSR count). The van der Waals surface area contributed by atoms with Gasteiger partial charge in [-0.25, -0.2) is 4.79 Å². The first-order chi connectivity index (χ1) is 8.71. The molecule has 1 fully saturated rings. The maximum absolute atomic E-state index is 11.8. The topological polar surface area (TPSA) is 122 Å². The predicted molar refractivity (Wildman–Crippen MR) is 68.4 cm³/mol. The Balaban J connectivity index is 2.49. The van der Waals surface area contributed by atoms with Gasteiger partial charge in [0, 0.05) is 18.7 Å². The molecule has 5 N–H and O–H groups in total. The average Bonchev–Trinajstić information content (AvgIpc) is 2.47. The number of aliphatic hydroxyl groups is 3. The Hall–Kier alpha value is -1.44. The number of rotatable bonds is 2. The third-order valence-electron chi connectivity index (χ3n) is 4.38. The predicted octanol–water partition coefficient (Wildman–Crippen LogP) is -1.12. The van der Waals surface area contributed by atoms with Crippen LogP contribution in [0.3, 0.4) is 0 Å². The first-order valence-electron chi connectivity index (χ1n) is 6.12. The van der Waals surface area contributed by atoms with E-state index in [4.69, 9.17) is 5.73 Å². The molecule has 1 saturated carbocycles. The lowest BCUT2D eigenvalue weighted by Crippen LogP contribution is -2.53. The van der Waals surface area contributed by atoms with E-state index >= 15 is 0 Å². The van der Waals surface area contributed by atoms with E-state index in [2.05, 4.69) is 4.98 Å². The Morgan fingerprint density at radius 3 is 2.58 bits per heavy atom. The fourth-order valence-corrected chi connectivity index (χ4v) is 2.78. The molecular formula is C12H19N3O4. The monoisotopic (exact) mass is 269 g/mol. The van der Waals surface area contributed by atoms with Gasteiger partial charge in [-0.15, -0.1) is 0 Å². The van der Waals surface area contributed by atoms with E-state index < -0.39 is 28.9 Å². The zero-order valence-electron chi connectivity index (χ0n) is 10.9. The minimum Gasteiger partial charge on any atom is -0.396 e. The van der Waals surface area contributed by atoms with Crippen LogP contribution in [-0.2, 0) is 0 Å². The van der Waals surface area contributed by atoms with Gasteiger partial charge in [-0.1, -0.05) is 0 Å². The minimum atomic E-state index is -1.55. The molecule has 0 unspecified atom stereocenters. The highest BCUT2D eigenvalue weighted by atomic mass is 16.4. The summed E-state index contributed by atoms with van der Waals surface area (Å²) in [6.45, 7) is 2.65. The zero-order valence-corrected chi connectivity index (χ0v) is 10.9. The molecule has 19 heavy (non-hydrogen) atoms. The van der Waals surface area contributed by atoms with E-state index in [1.54, 1.807) is 0 Å². The lowest BCUT2D eigenvalue weighted by atomic mass is 9.83. The van der Waals surface area contributed by atoms with Crippen molar-refractivity contribution in [2.24, 2.45) is 5.92 Å². The Morgan fingerprint density at radius 1 is 1.47 bits per heavy atom. The first kappa shape index (κ1) is 14.0. The Kier molecular flexibility index (Phi) is 3.16. The molecule has 0 saturated heterocycles. The van der Waals surface area contributed by atoms with Crippen molar-refractivity contribution in [2.75, 3.05) is 12.3 Å². The zero-order chi connectivity index (χ0) is 14.4. The fraction of sp³-hybridized carbons (Fsp3) is 0.667. The van der Waals surface area contributed by atoms with Gasteiger partial charge in [-0.2, -0.15) is 4.98 Å². The number of hydrogen-bond donors (Lipinski definition) is 4. The van der Waals surface area contributed by atoms with Crippen molar-refractivity contribution >= 4 is 5.82 Å². The summed E-state index contributed by atoms with van der Waals surface area (Å²) in [5.41, 5.74) is 1.79. The Morgan fingerprint density at radius 2 is 2.11 bits per heavy atom. The van der Waals surface area contributed by atoms with Crippen LogP contribution in [0.2, 0.25) is 0 Å². The van der Waals surface area contributed by atoms with E-state index in [0.29, 0.717) is 0 Å². The van der Waals surface area contributed by atoms with Crippen molar-refractivity contribution in [1.29, 1.82) is 0 Å². The molecule has 7 heteroatoms. The van der Waals surface area contributed by atoms with Crippen LogP contribution in [-0.4, -0.2) is 42.7 Å².